The van der Waals surface area contributed by atoms with Crippen LogP contribution in [0, 0.1) is 5.92 Å². The summed E-state index contributed by atoms with van der Waals surface area (Å²) in [5, 5.41) is 0.666. The van der Waals surface area contributed by atoms with Gasteiger partial charge in [-0.2, -0.15) is 0 Å². The van der Waals surface area contributed by atoms with E-state index in [1.807, 2.05) is 36.1 Å². The standard InChI is InChI=1S/C24H39ClN4O3S/c1-3-29(33(2,31)32)18-23(20-7-5-4-6-8-20)27-13-15-28(16-14-27)24(30)22(26)17-19-9-11-21(25)12-10-19/h9-12,20,22-23H,3-8,13-18,26H2,1-2H3. The van der Waals surface area contributed by atoms with Gasteiger partial charge in [0.05, 0.1) is 12.3 Å². The minimum atomic E-state index is -3.24. The molecule has 0 bridgehead atoms. The van der Waals surface area contributed by atoms with Crippen LogP contribution >= 0.6 is 11.6 Å². The van der Waals surface area contributed by atoms with E-state index in [9.17, 15) is 13.2 Å². The van der Waals surface area contributed by atoms with E-state index in [1.54, 1.807) is 4.31 Å². The van der Waals surface area contributed by atoms with Gasteiger partial charge in [-0.1, -0.05) is 49.9 Å². The molecule has 1 amide bonds. The lowest BCUT2D eigenvalue weighted by Gasteiger charge is -2.45. The van der Waals surface area contributed by atoms with Crippen molar-refractivity contribution in [3.63, 3.8) is 0 Å². The first kappa shape index (κ1) is 26.4. The first-order valence-electron chi connectivity index (χ1n) is 12.2. The first-order chi connectivity index (χ1) is 15.7. The van der Waals surface area contributed by atoms with Gasteiger partial charge >= 0.3 is 0 Å². The molecule has 0 spiro atoms. The van der Waals surface area contributed by atoms with E-state index >= 15 is 0 Å². The number of hydrogen-bond acceptors (Lipinski definition) is 5. The largest absolute Gasteiger partial charge is 0.339 e. The molecule has 2 aliphatic rings. The number of likely N-dealkylation sites (N-methyl/N-ethyl adjacent to an activating group) is 1. The van der Waals surface area contributed by atoms with Crippen LogP contribution in [0.5, 0.6) is 0 Å². The van der Waals surface area contributed by atoms with Gasteiger partial charge in [-0.3, -0.25) is 9.69 Å². The van der Waals surface area contributed by atoms with Crippen LogP contribution in [0.2, 0.25) is 5.02 Å². The number of hydrogen-bond donors (Lipinski definition) is 1. The lowest BCUT2D eigenvalue weighted by atomic mass is 9.83. The van der Waals surface area contributed by atoms with Gasteiger partial charge < -0.3 is 10.6 Å². The highest BCUT2D eigenvalue weighted by atomic mass is 35.5. The van der Waals surface area contributed by atoms with Crippen LogP contribution in [0.1, 0.15) is 44.6 Å². The third-order valence-electron chi connectivity index (χ3n) is 7.19. The summed E-state index contributed by atoms with van der Waals surface area (Å²) in [6.07, 6.45) is 7.77. The van der Waals surface area contributed by atoms with Crippen molar-refractivity contribution in [3.8, 4) is 0 Å². The lowest BCUT2D eigenvalue weighted by molar-refractivity contribution is -0.134. The van der Waals surface area contributed by atoms with Gasteiger partial charge in [-0.05, 0) is 42.9 Å². The van der Waals surface area contributed by atoms with Crippen molar-refractivity contribution in [2.75, 3.05) is 45.5 Å². The highest BCUT2D eigenvalue weighted by molar-refractivity contribution is 7.88. The Kier molecular flexibility index (Phi) is 9.59. The number of carbonyl (C=O) groups is 1. The van der Waals surface area contributed by atoms with E-state index in [-0.39, 0.29) is 11.9 Å². The maximum Gasteiger partial charge on any atom is 0.239 e. The van der Waals surface area contributed by atoms with Crippen LogP contribution < -0.4 is 5.73 Å². The van der Waals surface area contributed by atoms with Crippen LogP contribution in [0.25, 0.3) is 0 Å². The van der Waals surface area contributed by atoms with Crippen molar-refractivity contribution in [2.45, 2.75) is 57.5 Å². The third kappa shape index (κ3) is 7.39. The molecule has 3 rings (SSSR count). The monoisotopic (exact) mass is 498 g/mol. The van der Waals surface area contributed by atoms with Crippen LogP contribution in [-0.4, -0.2) is 86.0 Å². The quantitative estimate of drug-likeness (QED) is 0.565. The zero-order chi connectivity index (χ0) is 24.0. The number of nitrogens with two attached hydrogens (primary N) is 1. The van der Waals surface area contributed by atoms with Gasteiger partial charge in [-0.25, -0.2) is 12.7 Å². The fourth-order valence-electron chi connectivity index (χ4n) is 5.26. The molecule has 33 heavy (non-hydrogen) atoms. The summed E-state index contributed by atoms with van der Waals surface area (Å²) in [5.41, 5.74) is 7.25. The Morgan fingerprint density at radius 3 is 2.27 bits per heavy atom. The number of piperazine rings is 1. The van der Waals surface area contributed by atoms with Crippen molar-refractivity contribution in [2.24, 2.45) is 11.7 Å². The SMILES string of the molecule is CCN(CC(C1CCCCC1)N1CCN(C(=O)C(N)Cc2ccc(Cl)cc2)CC1)S(C)(=O)=O. The Morgan fingerprint density at radius 2 is 1.73 bits per heavy atom. The molecule has 2 fully saturated rings. The average Bonchev–Trinajstić information content (AvgIpc) is 2.80. The molecule has 9 heteroatoms. The van der Waals surface area contributed by atoms with Gasteiger partial charge in [-0.15, -0.1) is 0 Å². The number of sulfonamides is 1. The van der Waals surface area contributed by atoms with Crippen molar-refractivity contribution >= 4 is 27.5 Å². The smallest absolute Gasteiger partial charge is 0.239 e. The van der Waals surface area contributed by atoms with Crippen molar-refractivity contribution in [1.29, 1.82) is 0 Å². The highest BCUT2D eigenvalue weighted by Crippen LogP contribution is 2.30. The number of carbonyl (C=O) groups excluding carboxylic acids is 1. The summed E-state index contributed by atoms with van der Waals surface area (Å²) in [5.74, 6) is 0.481. The molecule has 1 aliphatic carbocycles. The van der Waals surface area contributed by atoms with E-state index < -0.39 is 16.1 Å². The van der Waals surface area contributed by atoms with Gasteiger partial charge in [0, 0.05) is 50.3 Å². The second-order valence-corrected chi connectivity index (χ2v) is 11.9. The predicted molar refractivity (Wildman–Crippen MR) is 134 cm³/mol. The number of amides is 1. The zero-order valence-electron chi connectivity index (χ0n) is 20.0. The van der Waals surface area contributed by atoms with E-state index in [0.29, 0.717) is 43.5 Å². The second kappa shape index (κ2) is 12.0. The van der Waals surface area contributed by atoms with Crippen LogP contribution in [0.4, 0.5) is 0 Å². The van der Waals surface area contributed by atoms with Crippen molar-refractivity contribution in [3.05, 3.63) is 34.9 Å². The van der Waals surface area contributed by atoms with E-state index in [1.165, 1.54) is 25.5 Å². The molecule has 0 aromatic heterocycles. The molecular formula is C24H39ClN4O3S. The number of nitrogens with zero attached hydrogens (tertiary/aromatic N) is 3. The van der Waals surface area contributed by atoms with Crippen molar-refractivity contribution in [1.82, 2.24) is 14.1 Å². The topological polar surface area (TPSA) is 86.9 Å². The van der Waals surface area contributed by atoms with Crippen molar-refractivity contribution < 1.29 is 13.2 Å². The van der Waals surface area contributed by atoms with Gasteiger partial charge in [0.2, 0.25) is 15.9 Å². The second-order valence-electron chi connectivity index (χ2n) is 9.48. The minimum Gasteiger partial charge on any atom is -0.339 e. The number of halogens is 1. The fourth-order valence-corrected chi connectivity index (χ4v) is 6.28. The summed E-state index contributed by atoms with van der Waals surface area (Å²) in [4.78, 5) is 17.3. The summed E-state index contributed by atoms with van der Waals surface area (Å²) >= 11 is 5.95. The molecule has 0 radical (unpaired) electrons. The van der Waals surface area contributed by atoms with Crippen LogP contribution in [-0.2, 0) is 21.2 Å². The van der Waals surface area contributed by atoms with E-state index in [0.717, 1.165) is 31.5 Å². The molecule has 1 saturated carbocycles. The molecule has 186 valence electrons. The zero-order valence-corrected chi connectivity index (χ0v) is 21.5. The normalized spacial score (nSPS) is 20.7. The maximum atomic E-state index is 13.0. The summed E-state index contributed by atoms with van der Waals surface area (Å²) in [6, 6.07) is 7.06. The first-order valence-corrected chi connectivity index (χ1v) is 14.4. The molecule has 2 atom stereocenters. The Morgan fingerprint density at radius 1 is 1.12 bits per heavy atom. The van der Waals surface area contributed by atoms with E-state index in [4.69, 9.17) is 17.3 Å². The van der Waals surface area contributed by atoms with Gasteiger partial charge in [0.1, 0.15) is 0 Å². The highest BCUT2D eigenvalue weighted by Gasteiger charge is 2.35. The minimum absolute atomic E-state index is 0.0230. The Balaban J connectivity index is 1.61. The number of rotatable bonds is 9. The summed E-state index contributed by atoms with van der Waals surface area (Å²) in [7, 11) is -3.24. The van der Waals surface area contributed by atoms with Crippen LogP contribution in [0.3, 0.4) is 0 Å². The fraction of sp³-hybridized carbons (Fsp3) is 0.708. The molecule has 2 unspecified atom stereocenters. The Labute approximate surface area is 204 Å². The molecule has 1 heterocycles. The molecular weight excluding hydrogens is 460 g/mol. The maximum absolute atomic E-state index is 13.0. The molecule has 1 saturated heterocycles. The third-order valence-corrected chi connectivity index (χ3v) is 8.78. The van der Waals surface area contributed by atoms with Crippen LogP contribution in [0.15, 0.2) is 24.3 Å². The Bertz CT molecular complexity index is 866. The Hall–Kier alpha value is -1.19. The summed E-state index contributed by atoms with van der Waals surface area (Å²) in [6.45, 7) is 5.67. The lowest BCUT2D eigenvalue weighted by Crippen LogP contribution is -2.59. The molecule has 1 aromatic rings. The van der Waals surface area contributed by atoms with Gasteiger partial charge in [0.15, 0.2) is 0 Å². The average molecular weight is 499 g/mol. The molecule has 1 aliphatic heterocycles. The van der Waals surface area contributed by atoms with E-state index in [2.05, 4.69) is 4.90 Å². The number of benzene rings is 1. The predicted octanol–water partition coefficient (Wildman–Crippen LogP) is 2.58. The molecule has 1 aromatic carbocycles. The molecule has 2 N–H and O–H groups in total. The van der Waals surface area contributed by atoms with Gasteiger partial charge in [0.25, 0.3) is 0 Å². The summed E-state index contributed by atoms with van der Waals surface area (Å²) < 4.78 is 26.2. The molecule has 7 nitrogen and oxygen atoms in total.